The predicted molar refractivity (Wildman–Crippen MR) is 107 cm³/mol. The largest absolute Gasteiger partial charge is 0.493 e. The summed E-state index contributed by atoms with van der Waals surface area (Å²) in [6, 6.07) is 9.05. The molecule has 0 saturated carbocycles. The minimum absolute atomic E-state index is 0. The highest BCUT2D eigenvalue weighted by atomic mass is 35.5. The van der Waals surface area contributed by atoms with Gasteiger partial charge in [-0.3, -0.25) is 14.9 Å². The summed E-state index contributed by atoms with van der Waals surface area (Å²) >= 11 is 0. The zero-order chi connectivity index (χ0) is 19.8. The predicted octanol–water partition coefficient (Wildman–Crippen LogP) is 3.01. The fourth-order valence-corrected chi connectivity index (χ4v) is 2.32. The Morgan fingerprint density at radius 1 is 1.18 bits per heavy atom. The second-order valence-electron chi connectivity index (χ2n) is 5.33. The van der Waals surface area contributed by atoms with Crippen LogP contribution in [0.4, 0.5) is 11.4 Å². The highest BCUT2D eigenvalue weighted by Gasteiger charge is 2.24. The molecule has 2 aromatic rings. The molecule has 10 heteroatoms. The van der Waals surface area contributed by atoms with E-state index in [-0.39, 0.29) is 35.2 Å². The number of anilines is 1. The van der Waals surface area contributed by atoms with Crippen LogP contribution in [0.25, 0.3) is 0 Å². The number of ether oxygens (including phenoxy) is 3. The van der Waals surface area contributed by atoms with Gasteiger partial charge in [-0.25, -0.2) is 0 Å². The van der Waals surface area contributed by atoms with Crippen molar-refractivity contribution >= 4 is 29.7 Å². The van der Waals surface area contributed by atoms with Crippen molar-refractivity contribution in [3.05, 3.63) is 52.1 Å². The summed E-state index contributed by atoms with van der Waals surface area (Å²) in [6.45, 7) is 2.82. The first-order valence-corrected chi connectivity index (χ1v) is 8.23. The summed E-state index contributed by atoms with van der Waals surface area (Å²) in [5.41, 5.74) is 5.32. The maximum atomic E-state index is 12.6. The maximum Gasteiger partial charge on any atom is 0.286 e. The molecular weight excluding hydrogens is 390 g/mol. The van der Waals surface area contributed by atoms with Crippen molar-refractivity contribution in [2.75, 3.05) is 32.2 Å². The number of nitro benzene ring substituents is 1. The molecule has 0 unspecified atom stereocenters. The van der Waals surface area contributed by atoms with E-state index in [1.54, 1.807) is 31.2 Å². The highest BCUT2D eigenvalue weighted by molar-refractivity contribution is 6.07. The number of hydrogen-bond acceptors (Lipinski definition) is 7. The molecule has 28 heavy (non-hydrogen) atoms. The molecule has 0 aliphatic rings. The van der Waals surface area contributed by atoms with E-state index in [0.717, 1.165) is 0 Å². The van der Waals surface area contributed by atoms with Gasteiger partial charge in [-0.1, -0.05) is 0 Å². The molecule has 0 spiro atoms. The standard InChI is InChI=1S/C18H21N3O6.ClH/c1-3-26-17-11-15(21(23)24)14(10-16(17)25-2)18(22)20-12-4-6-13(7-5-12)27-9-8-19;/h4-7,10-11H,3,8-9,19H2,1-2H3,(H,20,22);1H. The van der Waals surface area contributed by atoms with Gasteiger partial charge in [-0.05, 0) is 31.2 Å². The molecule has 0 aromatic heterocycles. The van der Waals surface area contributed by atoms with E-state index in [4.69, 9.17) is 19.9 Å². The Labute approximate surface area is 168 Å². The number of amides is 1. The van der Waals surface area contributed by atoms with Gasteiger partial charge in [0, 0.05) is 18.3 Å². The van der Waals surface area contributed by atoms with Gasteiger partial charge in [-0.15, -0.1) is 12.4 Å². The zero-order valence-electron chi connectivity index (χ0n) is 15.5. The number of methoxy groups -OCH3 is 1. The van der Waals surface area contributed by atoms with Crippen molar-refractivity contribution in [2.45, 2.75) is 6.92 Å². The number of nitrogens with zero attached hydrogens (tertiary/aromatic N) is 1. The van der Waals surface area contributed by atoms with Crippen molar-refractivity contribution in [1.82, 2.24) is 0 Å². The van der Waals surface area contributed by atoms with Gasteiger partial charge in [0.25, 0.3) is 11.6 Å². The number of benzene rings is 2. The van der Waals surface area contributed by atoms with Gasteiger partial charge in [0.1, 0.15) is 17.9 Å². The third-order valence-electron chi connectivity index (χ3n) is 3.52. The molecule has 0 aliphatic carbocycles. The Morgan fingerprint density at radius 2 is 1.86 bits per heavy atom. The minimum Gasteiger partial charge on any atom is -0.493 e. The molecule has 0 atom stereocenters. The summed E-state index contributed by atoms with van der Waals surface area (Å²) in [5, 5.41) is 14.0. The van der Waals surface area contributed by atoms with E-state index in [9.17, 15) is 14.9 Å². The number of nitrogens with one attached hydrogen (secondary N) is 1. The van der Waals surface area contributed by atoms with Gasteiger partial charge in [-0.2, -0.15) is 0 Å². The number of hydrogen-bond donors (Lipinski definition) is 2. The van der Waals surface area contributed by atoms with Crippen molar-refractivity contribution in [3.63, 3.8) is 0 Å². The van der Waals surface area contributed by atoms with E-state index in [1.165, 1.54) is 19.2 Å². The SMILES string of the molecule is CCOc1cc([N+](=O)[O-])c(C(=O)Nc2ccc(OCCN)cc2)cc1OC.Cl. The van der Waals surface area contributed by atoms with Crippen LogP contribution < -0.4 is 25.3 Å². The highest BCUT2D eigenvalue weighted by Crippen LogP contribution is 2.35. The van der Waals surface area contributed by atoms with E-state index in [1.807, 2.05) is 0 Å². The third-order valence-corrected chi connectivity index (χ3v) is 3.52. The van der Waals surface area contributed by atoms with Gasteiger partial charge < -0.3 is 25.3 Å². The van der Waals surface area contributed by atoms with Crippen LogP contribution in [-0.4, -0.2) is 37.7 Å². The molecule has 0 fully saturated rings. The molecule has 2 aromatic carbocycles. The molecule has 0 radical (unpaired) electrons. The fraction of sp³-hybridized carbons (Fsp3) is 0.278. The molecule has 1 amide bonds. The van der Waals surface area contributed by atoms with E-state index in [0.29, 0.717) is 31.2 Å². The third kappa shape index (κ3) is 5.73. The Hall–Kier alpha value is -3.04. The smallest absolute Gasteiger partial charge is 0.286 e. The molecule has 0 saturated heterocycles. The van der Waals surface area contributed by atoms with E-state index >= 15 is 0 Å². The second-order valence-corrected chi connectivity index (χ2v) is 5.33. The lowest BCUT2D eigenvalue weighted by atomic mass is 10.1. The van der Waals surface area contributed by atoms with Crippen LogP contribution in [0.2, 0.25) is 0 Å². The van der Waals surface area contributed by atoms with Gasteiger partial charge in [0.15, 0.2) is 11.5 Å². The summed E-state index contributed by atoms with van der Waals surface area (Å²) in [7, 11) is 1.39. The van der Waals surface area contributed by atoms with Crippen molar-refractivity contribution in [3.8, 4) is 17.2 Å². The van der Waals surface area contributed by atoms with Gasteiger partial charge in [0.05, 0.1) is 24.7 Å². The van der Waals surface area contributed by atoms with Crippen LogP contribution in [0, 0.1) is 10.1 Å². The number of halogens is 1. The first-order valence-electron chi connectivity index (χ1n) is 8.23. The number of carbonyl (C=O) groups is 1. The second kappa shape index (κ2) is 11.0. The van der Waals surface area contributed by atoms with Crippen LogP contribution in [0.15, 0.2) is 36.4 Å². The molecule has 3 N–H and O–H groups in total. The molecule has 0 heterocycles. The normalized spacial score (nSPS) is 9.82. The Morgan fingerprint density at radius 3 is 2.39 bits per heavy atom. The van der Waals surface area contributed by atoms with Crippen LogP contribution in [0.5, 0.6) is 17.2 Å². The maximum absolute atomic E-state index is 12.6. The zero-order valence-corrected chi connectivity index (χ0v) is 16.3. The van der Waals surface area contributed by atoms with E-state index in [2.05, 4.69) is 5.32 Å². The van der Waals surface area contributed by atoms with Gasteiger partial charge in [0.2, 0.25) is 0 Å². The fourth-order valence-electron chi connectivity index (χ4n) is 2.32. The Balaban J connectivity index is 0.00000392. The Kier molecular flexibility index (Phi) is 9.00. The first-order chi connectivity index (χ1) is 13.0. The summed E-state index contributed by atoms with van der Waals surface area (Å²) in [5.74, 6) is 0.397. The number of rotatable bonds is 9. The average molecular weight is 412 g/mol. The summed E-state index contributed by atoms with van der Waals surface area (Å²) < 4.78 is 15.9. The van der Waals surface area contributed by atoms with Crippen LogP contribution in [0.1, 0.15) is 17.3 Å². The molecule has 0 aliphatic heterocycles. The lowest BCUT2D eigenvalue weighted by Crippen LogP contribution is -2.15. The topological polar surface area (TPSA) is 126 Å². The summed E-state index contributed by atoms with van der Waals surface area (Å²) in [4.78, 5) is 23.3. The lowest BCUT2D eigenvalue weighted by Gasteiger charge is -2.12. The first kappa shape index (κ1) is 23.0. The van der Waals surface area contributed by atoms with Crippen molar-refractivity contribution in [2.24, 2.45) is 5.73 Å². The molecular formula is C18H22ClN3O6. The molecule has 0 bridgehead atoms. The van der Waals surface area contributed by atoms with Crippen LogP contribution >= 0.6 is 12.4 Å². The summed E-state index contributed by atoms with van der Waals surface area (Å²) in [6.07, 6.45) is 0. The average Bonchev–Trinajstić information content (AvgIpc) is 2.67. The minimum atomic E-state index is -0.640. The van der Waals surface area contributed by atoms with Gasteiger partial charge >= 0.3 is 0 Å². The van der Waals surface area contributed by atoms with Crippen LogP contribution in [-0.2, 0) is 0 Å². The molecule has 152 valence electrons. The lowest BCUT2D eigenvalue weighted by molar-refractivity contribution is -0.385. The van der Waals surface area contributed by atoms with Crippen molar-refractivity contribution < 1.29 is 23.9 Å². The van der Waals surface area contributed by atoms with Crippen LogP contribution in [0.3, 0.4) is 0 Å². The Bertz CT molecular complexity index is 814. The molecule has 9 nitrogen and oxygen atoms in total. The van der Waals surface area contributed by atoms with Crippen molar-refractivity contribution in [1.29, 1.82) is 0 Å². The molecule has 2 rings (SSSR count). The number of nitro groups is 1. The van der Waals surface area contributed by atoms with E-state index < -0.39 is 10.8 Å². The number of nitrogens with two attached hydrogens (primary N) is 1. The number of carbonyl (C=O) groups excluding carboxylic acids is 1. The monoisotopic (exact) mass is 411 g/mol. The quantitative estimate of drug-likeness (QED) is 0.479.